The van der Waals surface area contributed by atoms with E-state index in [1.54, 1.807) is 18.3 Å². The van der Waals surface area contributed by atoms with Crippen molar-refractivity contribution in [1.82, 2.24) is 25.3 Å². The van der Waals surface area contributed by atoms with Gasteiger partial charge in [-0.3, -0.25) is 4.79 Å². The molecule has 2 heterocycles. The van der Waals surface area contributed by atoms with Crippen molar-refractivity contribution in [3.63, 3.8) is 0 Å². The van der Waals surface area contributed by atoms with Crippen LogP contribution < -0.4 is 10.2 Å². The van der Waals surface area contributed by atoms with Crippen LogP contribution in [0.3, 0.4) is 0 Å². The first kappa shape index (κ1) is 16.2. The summed E-state index contributed by atoms with van der Waals surface area (Å²) < 4.78 is 0. The molecule has 24 heavy (non-hydrogen) atoms. The van der Waals surface area contributed by atoms with Crippen LogP contribution in [-0.4, -0.2) is 46.0 Å². The van der Waals surface area contributed by atoms with Crippen LogP contribution in [0, 0.1) is 0 Å². The standard InChI is InChI=1S/C16H17ClN6O/c1-23(16-14-15(20-9-19-14)21-10-22-16)8-13(24)18-7-6-11-4-2-3-5-12(11)17/h2-5,9-10H,6-8H2,1H3,(H,18,24)(H,19,20,21,22). The van der Waals surface area contributed by atoms with Crippen molar-refractivity contribution >= 4 is 34.5 Å². The summed E-state index contributed by atoms with van der Waals surface area (Å²) in [5.74, 6) is 0.551. The van der Waals surface area contributed by atoms with E-state index in [4.69, 9.17) is 11.6 Å². The van der Waals surface area contributed by atoms with E-state index >= 15 is 0 Å². The number of anilines is 1. The highest BCUT2D eigenvalue weighted by molar-refractivity contribution is 6.31. The highest BCUT2D eigenvalue weighted by Crippen LogP contribution is 2.18. The summed E-state index contributed by atoms with van der Waals surface area (Å²) in [6.07, 6.45) is 3.68. The number of halogens is 1. The molecule has 0 aliphatic rings. The van der Waals surface area contributed by atoms with Gasteiger partial charge >= 0.3 is 0 Å². The first-order valence-electron chi connectivity index (χ1n) is 7.50. The van der Waals surface area contributed by atoms with Crippen LogP contribution in [0.2, 0.25) is 5.02 Å². The van der Waals surface area contributed by atoms with Crippen molar-refractivity contribution in [2.75, 3.05) is 25.0 Å². The van der Waals surface area contributed by atoms with Gasteiger partial charge in [-0.15, -0.1) is 0 Å². The maximum absolute atomic E-state index is 12.1. The van der Waals surface area contributed by atoms with Gasteiger partial charge in [-0.25, -0.2) is 15.0 Å². The van der Waals surface area contributed by atoms with Crippen LogP contribution in [0.15, 0.2) is 36.9 Å². The normalized spacial score (nSPS) is 10.8. The number of carbonyl (C=O) groups is 1. The number of aromatic nitrogens is 4. The van der Waals surface area contributed by atoms with E-state index in [2.05, 4.69) is 25.3 Å². The van der Waals surface area contributed by atoms with Crippen LogP contribution in [0.4, 0.5) is 5.82 Å². The average molecular weight is 345 g/mol. The minimum absolute atomic E-state index is 0.0872. The molecule has 0 radical (unpaired) electrons. The molecule has 0 aliphatic carbocycles. The fourth-order valence-corrected chi connectivity index (χ4v) is 2.66. The lowest BCUT2D eigenvalue weighted by Crippen LogP contribution is -2.36. The molecule has 0 atom stereocenters. The number of carbonyl (C=O) groups excluding carboxylic acids is 1. The van der Waals surface area contributed by atoms with E-state index < -0.39 is 0 Å². The van der Waals surface area contributed by atoms with Crippen LogP contribution >= 0.6 is 11.6 Å². The van der Waals surface area contributed by atoms with Gasteiger partial charge in [-0.1, -0.05) is 29.8 Å². The van der Waals surface area contributed by atoms with Gasteiger partial charge in [-0.2, -0.15) is 0 Å². The predicted octanol–water partition coefficient (Wildman–Crippen LogP) is 1.80. The van der Waals surface area contributed by atoms with Gasteiger partial charge in [0, 0.05) is 18.6 Å². The lowest BCUT2D eigenvalue weighted by atomic mass is 10.1. The summed E-state index contributed by atoms with van der Waals surface area (Å²) in [5.41, 5.74) is 2.30. The molecule has 124 valence electrons. The zero-order chi connectivity index (χ0) is 16.9. The summed E-state index contributed by atoms with van der Waals surface area (Å²) >= 11 is 6.10. The summed E-state index contributed by atoms with van der Waals surface area (Å²) in [6.45, 7) is 0.716. The maximum atomic E-state index is 12.1. The number of benzene rings is 1. The first-order valence-corrected chi connectivity index (χ1v) is 7.88. The Morgan fingerprint density at radius 3 is 2.96 bits per heavy atom. The van der Waals surface area contributed by atoms with Gasteiger partial charge in [-0.05, 0) is 18.1 Å². The van der Waals surface area contributed by atoms with Crippen LogP contribution in [0.1, 0.15) is 5.56 Å². The Bertz CT molecular complexity index is 849. The number of fused-ring (bicyclic) bond motifs is 1. The zero-order valence-corrected chi connectivity index (χ0v) is 13.9. The molecule has 1 aromatic carbocycles. The molecule has 3 rings (SSSR count). The van der Waals surface area contributed by atoms with Gasteiger partial charge in [0.25, 0.3) is 0 Å². The van der Waals surface area contributed by atoms with Crippen molar-refractivity contribution < 1.29 is 4.79 Å². The highest BCUT2D eigenvalue weighted by atomic mass is 35.5. The Morgan fingerprint density at radius 2 is 2.12 bits per heavy atom. The Balaban J connectivity index is 1.55. The molecule has 8 heteroatoms. The van der Waals surface area contributed by atoms with E-state index in [-0.39, 0.29) is 12.5 Å². The van der Waals surface area contributed by atoms with Gasteiger partial charge in [0.15, 0.2) is 11.5 Å². The number of nitrogens with zero attached hydrogens (tertiary/aromatic N) is 4. The molecule has 7 nitrogen and oxygen atoms in total. The highest BCUT2D eigenvalue weighted by Gasteiger charge is 2.13. The molecule has 2 N–H and O–H groups in total. The van der Waals surface area contributed by atoms with Crippen LogP contribution in [0.5, 0.6) is 0 Å². The molecule has 3 aromatic rings. The number of H-pyrrole nitrogens is 1. The minimum Gasteiger partial charge on any atom is -0.354 e. The monoisotopic (exact) mass is 344 g/mol. The van der Waals surface area contributed by atoms with Gasteiger partial charge < -0.3 is 15.2 Å². The third kappa shape index (κ3) is 3.62. The number of aromatic amines is 1. The fraction of sp³-hybridized carbons (Fsp3) is 0.250. The fourth-order valence-electron chi connectivity index (χ4n) is 2.43. The van der Waals surface area contributed by atoms with Crippen molar-refractivity contribution in [1.29, 1.82) is 0 Å². The Hall–Kier alpha value is -2.67. The van der Waals surface area contributed by atoms with Crippen molar-refractivity contribution in [2.45, 2.75) is 6.42 Å². The van der Waals surface area contributed by atoms with Gasteiger partial charge in [0.1, 0.15) is 11.8 Å². The van der Waals surface area contributed by atoms with Crippen molar-refractivity contribution in [2.24, 2.45) is 0 Å². The third-order valence-corrected chi connectivity index (χ3v) is 3.99. The first-order chi connectivity index (χ1) is 11.6. The summed E-state index contributed by atoms with van der Waals surface area (Å²) in [5, 5.41) is 3.61. The molecule has 0 saturated heterocycles. The minimum atomic E-state index is -0.0872. The summed E-state index contributed by atoms with van der Waals surface area (Å²) in [7, 11) is 1.80. The number of likely N-dealkylation sites (N-methyl/N-ethyl adjacent to an activating group) is 1. The summed E-state index contributed by atoms with van der Waals surface area (Å²) in [4.78, 5) is 29.2. The topological polar surface area (TPSA) is 86.8 Å². The number of hydrogen-bond acceptors (Lipinski definition) is 5. The summed E-state index contributed by atoms with van der Waals surface area (Å²) in [6, 6.07) is 7.62. The SMILES string of the molecule is CN(CC(=O)NCCc1ccccc1Cl)c1ncnc2nc[nH]c12. The molecule has 1 amide bonds. The molecule has 0 saturated carbocycles. The smallest absolute Gasteiger partial charge is 0.239 e. The molecule has 0 aliphatic heterocycles. The number of nitrogens with one attached hydrogen (secondary N) is 2. The van der Waals surface area contributed by atoms with E-state index in [1.165, 1.54) is 6.33 Å². The molecule has 0 unspecified atom stereocenters. The third-order valence-electron chi connectivity index (χ3n) is 3.62. The lowest BCUT2D eigenvalue weighted by molar-refractivity contribution is -0.119. The largest absolute Gasteiger partial charge is 0.354 e. The number of hydrogen-bond donors (Lipinski definition) is 2. The van der Waals surface area contributed by atoms with E-state index in [1.807, 2.05) is 24.3 Å². The number of rotatable bonds is 6. The Kier molecular flexibility index (Phi) is 4.90. The molecule has 0 bridgehead atoms. The second kappa shape index (κ2) is 7.27. The van der Waals surface area contributed by atoms with Crippen LogP contribution in [-0.2, 0) is 11.2 Å². The maximum Gasteiger partial charge on any atom is 0.239 e. The van der Waals surface area contributed by atoms with Gasteiger partial charge in [0.2, 0.25) is 5.91 Å². The molecule has 0 spiro atoms. The zero-order valence-electron chi connectivity index (χ0n) is 13.2. The van der Waals surface area contributed by atoms with E-state index in [9.17, 15) is 4.79 Å². The average Bonchev–Trinajstić information content (AvgIpc) is 3.05. The number of imidazole rings is 1. The Morgan fingerprint density at radius 1 is 1.29 bits per heavy atom. The molecule has 0 fully saturated rings. The molecule has 2 aromatic heterocycles. The Labute approximate surface area is 144 Å². The number of amides is 1. The predicted molar refractivity (Wildman–Crippen MR) is 93.1 cm³/mol. The van der Waals surface area contributed by atoms with Gasteiger partial charge in [0.05, 0.1) is 12.9 Å². The van der Waals surface area contributed by atoms with E-state index in [0.717, 1.165) is 5.56 Å². The van der Waals surface area contributed by atoms with Crippen LogP contribution in [0.25, 0.3) is 11.2 Å². The van der Waals surface area contributed by atoms with Crippen molar-refractivity contribution in [3.05, 3.63) is 47.5 Å². The van der Waals surface area contributed by atoms with E-state index in [0.29, 0.717) is 35.0 Å². The second-order valence-electron chi connectivity index (χ2n) is 5.35. The quantitative estimate of drug-likeness (QED) is 0.712. The molecular formula is C16H17ClN6O. The molecular weight excluding hydrogens is 328 g/mol. The second-order valence-corrected chi connectivity index (χ2v) is 5.75. The lowest BCUT2D eigenvalue weighted by Gasteiger charge is -2.17. The van der Waals surface area contributed by atoms with Crippen molar-refractivity contribution in [3.8, 4) is 0 Å².